The van der Waals surface area contributed by atoms with Gasteiger partial charge in [0, 0.05) is 31.9 Å². The van der Waals surface area contributed by atoms with Crippen LogP contribution < -0.4 is 4.72 Å². The molecule has 0 radical (unpaired) electrons. The molecule has 0 bridgehead atoms. The number of piperidine rings is 1. The van der Waals surface area contributed by atoms with Crippen LogP contribution in [0.5, 0.6) is 0 Å². The summed E-state index contributed by atoms with van der Waals surface area (Å²) in [5, 5.41) is 4.10. The van der Waals surface area contributed by atoms with Crippen molar-refractivity contribution in [2.45, 2.75) is 32.2 Å². The maximum absolute atomic E-state index is 12.7. The molecule has 1 atom stereocenters. The van der Waals surface area contributed by atoms with Gasteiger partial charge in [0.15, 0.2) is 0 Å². The fraction of sp³-hybridized carbons (Fsp3) is 0.692. The lowest BCUT2D eigenvalue weighted by Crippen LogP contribution is -2.49. The standard InChI is InChI=1S/C13H22N4O3S/c1-10-12(9-14-16(10)2)13(18)17-7-5-4-6-11(17)8-15-21(3,19)20/h9,11,15H,4-8H2,1-3H3/t11-/m1/s1. The summed E-state index contributed by atoms with van der Waals surface area (Å²) in [4.78, 5) is 14.4. The molecule has 0 aliphatic carbocycles. The molecule has 0 saturated carbocycles. The van der Waals surface area contributed by atoms with Gasteiger partial charge in [-0.2, -0.15) is 5.10 Å². The number of likely N-dealkylation sites (tertiary alicyclic amines) is 1. The van der Waals surface area contributed by atoms with Crippen molar-refractivity contribution in [2.75, 3.05) is 19.3 Å². The van der Waals surface area contributed by atoms with E-state index in [-0.39, 0.29) is 18.5 Å². The van der Waals surface area contributed by atoms with Crippen molar-refractivity contribution in [1.82, 2.24) is 19.4 Å². The molecule has 1 N–H and O–H groups in total. The van der Waals surface area contributed by atoms with E-state index in [4.69, 9.17) is 0 Å². The summed E-state index contributed by atoms with van der Waals surface area (Å²) in [6, 6.07) is -0.0967. The van der Waals surface area contributed by atoms with Gasteiger partial charge in [-0.15, -0.1) is 0 Å². The van der Waals surface area contributed by atoms with Gasteiger partial charge in [0.1, 0.15) is 0 Å². The number of hydrogen-bond acceptors (Lipinski definition) is 4. The summed E-state index contributed by atoms with van der Waals surface area (Å²) in [7, 11) is -1.45. The Labute approximate surface area is 125 Å². The molecule has 118 valence electrons. The topological polar surface area (TPSA) is 84.3 Å². The van der Waals surface area contributed by atoms with Crippen molar-refractivity contribution in [2.24, 2.45) is 7.05 Å². The number of rotatable bonds is 4. The van der Waals surface area contributed by atoms with Gasteiger partial charge in [0.25, 0.3) is 5.91 Å². The van der Waals surface area contributed by atoms with Crippen molar-refractivity contribution in [3.05, 3.63) is 17.5 Å². The molecule has 8 heteroatoms. The van der Waals surface area contributed by atoms with E-state index >= 15 is 0 Å². The van der Waals surface area contributed by atoms with Gasteiger partial charge < -0.3 is 4.90 Å². The van der Waals surface area contributed by atoms with Gasteiger partial charge in [0.2, 0.25) is 10.0 Å². The number of nitrogens with one attached hydrogen (secondary N) is 1. The van der Waals surface area contributed by atoms with Crippen molar-refractivity contribution in [1.29, 1.82) is 0 Å². The molecule has 1 aliphatic heterocycles. The SMILES string of the molecule is Cc1c(C(=O)N2CCCC[C@@H]2CNS(C)(=O)=O)cnn1C. The summed E-state index contributed by atoms with van der Waals surface area (Å²) in [6.45, 7) is 2.78. The monoisotopic (exact) mass is 314 g/mol. The van der Waals surface area contributed by atoms with Crippen LogP contribution in [0.25, 0.3) is 0 Å². The Morgan fingerprint density at radius 2 is 2.19 bits per heavy atom. The van der Waals surface area contributed by atoms with E-state index in [0.717, 1.165) is 31.2 Å². The second kappa shape index (κ2) is 6.15. The normalized spacial score (nSPS) is 19.8. The Hall–Kier alpha value is -1.41. The second-order valence-electron chi connectivity index (χ2n) is 5.54. The Morgan fingerprint density at radius 3 is 2.76 bits per heavy atom. The Bertz CT molecular complexity index is 623. The molecule has 0 aromatic carbocycles. The molecule has 1 fully saturated rings. The smallest absolute Gasteiger partial charge is 0.257 e. The van der Waals surface area contributed by atoms with Gasteiger partial charge in [-0.3, -0.25) is 9.48 Å². The van der Waals surface area contributed by atoms with Crippen molar-refractivity contribution in [3.63, 3.8) is 0 Å². The molecule has 0 unspecified atom stereocenters. The van der Waals surface area contributed by atoms with Gasteiger partial charge in [-0.05, 0) is 26.2 Å². The molecular formula is C13H22N4O3S. The highest BCUT2D eigenvalue weighted by Gasteiger charge is 2.29. The molecule has 1 saturated heterocycles. The molecule has 2 heterocycles. The molecule has 21 heavy (non-hydrogen) atoms. The molecule has 0 spiro atoms. The zero-order valence-corrected chi connectivity index (χ0v) is 13.5. The number of amides is 1. The van der Waals surface area contributed by atoms with Crippen LogP contribution in [-0.2, 0) is 17.1 Å². The van der Waals surface area contributed by atoms with Crippen LogP contribution >= 0.6 is 0 Å². The summed E-state index contributed by atoms with van der Waals surface area (Å²) in [5.41, 5.74) is 1.41. The number of aryl methyl sites for hydroxylation is 1. The minimum absolute atomic E-state index is 0.0689. The predicted octanol–water partition coefficient (Wildman–Crippen LogP) is 0.272. The first-order chi connectivity index (χ1) is 9.79. The van der Waals surface area contributed by atoms with Crippen LogP contribution in [-0.4, -0.2) is 54.4 Å². The highest BCUT2D eigenvalue weighted by molar-refractivity contribution is 7.88. The minimum Gasteiger partial charge on any atom is -0.334 e. The maximum atomic E-state index is 12.7. The van der Waals surface area contributed by atoms with Gasteiger partial charge >= 0.3 is 0 Å². The Kier molecular flexibility index (Phi) is 4.67. The molecule has 1 aromatic rings. The molecule has 1 aliphatic rings. The lowest BCUT2D eigenvalue weighted by molar-refractivity contribution is 0.0618. The van der Waals surface area contributed by atoms with E-state index in [1.807, 2.05) is 6.92 Å². The highest BCUT2D eigenvalue weighted by Crippen LogP contribution is 2.20. The molecule has 2 rings (SSSR count). The number of carbonyl (C=O) groups excluding carboxylic acids is 1. The number of aromatic nitrogens is 2. The summed E-state index contributed by atoms with van der Waals surface area (Å²) < 4.78 is 26.7. The lowest BCUT2D eigenvalue weighted by atomic mass is 10.0. The van der Waals surface area contributed by atoms with Gasteiger partial charge in [-0.1, -0.05) is 0 Å². The van der Waals surface area contributed by atoms with Crippen LogP contribution in [0, 0.1) is 6.92 Å². The van der Waals surface area contributed by atoms with Crippen molar-refractivity contribution < 1.29 is 13.2 Å². The van der Waals surface area contributed by atoms with E-state index in [9.17, 15) is 13.2 Å². The molecule has 1 amide bonds. The number of hydrogen-bond donors (Lipinski definition) is 1. The highest BCUT2D eigenvalue weighted by atomic mass is 32.2. The fourth-order valence-corrected chi connectivity index (χ4v) is 3.09. The van der Waals surface area contributed by atoms with Gasteiger partial charge in [-0.25, -0.2) is 13.1 Å². The third kappa shape index (κ3) is 3.82. The van der Waals surface area contributed by atoms with Crippen LogP contribution in [0.15, 0.2) is 6.20 Å². The largest absolute Gasteiger partial charge is 0.334 e. The zero-order chi connectivity index (χ0) is 15.6. The van der Waals surface area contributed by atoms with E-state index in [0.29, 0.717) is 12.1 Å². The molecular weight excluding hydrogens is 292 g/mol. The van der Waals surface area contributed by atoms with Crippen LogP contribution in [0.3, 0.4) is 0 Å². The van der Waals surface area contributed by atoms with Crippen LogP contribution in [0.1, 0.15) is 35.3 Å². The Balaban J connectivity index is 2.14. The summed E-state index contributed by atoms with van der Waals surface area (Å²) >= 11 is 0. The van der Waals surface area contributed by atoms with Gasteiger partial charge in [0.05, 0.1) is 18.0 Å². The average molecular weight is 314 g/mol. The number of carbonyl (C=O) groups is 1. The lowest BCUT2D eigenvalue weighted by Gasteiger charge is -2.35. The van der Waals surface area contributed by atoms with E-state index < -0.39 is 10.0 Å². The van der Waals surface area contributed by atoms with Crippen LogP contribution in [0.4, 0.5) is 0 Å². The van der Waals surface area contributed by atoms with E-state index in [1.165, 1.54) is 0 Å². The third-order valence-corrected chi connectivity index (χ3v) is 4.63. The Morgan fingerprint density at radius 1 is 1.48 bits per heavy atom. The van der Waals surface area contributed by atoms with Crippen molar-refractivity contribution in [3.8, 4) is 0 Å². The predicted molar refractivity (Wildman–Crippen MR) is 79.5 cm³/mol. The van der Waals surface area contributed by atoms with Crippen LogP contribution in [0.2, 0.25) is 0 Å². The minimum atomic E-state index is -3.25. The first-order valence-electron chi connectivity index (χ1n) is 7.04. The van der Waals surface area contributed by atoms with Crippen molar-refractivity contribution >= 4 is 15.9 Å². The molecule has 7 nitrogen and oxygen atoms in total. The van der Waals surface area contributed by atoms with E-state index in [2.05, 4.69) is 9.82 Å². The third-order valence-electron chi connectivity index (χ3n) is 3.93. The zero-order valence-electron chi connectivity index (χ0n) is 12.7. The average Bonchev–Trinajstić information content (AvgIpc) is 2.76. The first-order valence-corrected chi connectivity index (χ1v) is 8.93. The summed E-state index contributed by atoms with van der Waals surface area (Å²) in [6.07, 6.45) is 5.47. The quantitative estimate of drug-likeness (QED) is 0.865. The van der Waals surface area contributed by atoms with E-state index in [1.54, 1.807) is 22.8 Å². The first kappa shape index (κ1) is 16.0. The summed E-state index contributed by atoms with van der Waals surface area (Å²) in [5.74, 6) is -0.0689. The fourth-order valence-electron chi connectivity index (χ4n) is 2.59. The number of sulfonamides is 1. The molecule has 1 aromatic heterocycles. The second-order valence-corrected chi connectivity index (χ2v) is 7.37. The number of nitrogens with zero attached hydrogens (tertiary/aromatic N) is 3. The maximum Gasteiger partial charge on any atom is 0.257 e.